The van der Waals surface area contributed by atoms with Crippen LogP contribution >= 0.6 is 23.4 Å². The molecule has 1 saturated heterocycles. The Labute approximate surface area is 159 Å². The number of aromatic nitrogens is 1. The third kappa shape index (κ3) is 4.65. The minimum Gasteiger partial charge on any atom is -0.487 e. The van der Waals surface area contributed by atoms with Crippen molar-refractivity contribution in [1.29, 1.82) is 0 Å². The summed E-state index contributed by atoms with van der Waals surface area (Å²) in [5.41, 5.74) is 0.292. The zero-order chi connectivity index (χ0) is 18.5. The van der Waals surface area contributed by atoms with Gasteiger partial charge in [0.2, 0.25) is 0 Å². The summed E-state index contributed by atoms with van der Waals surface area (Å²) in [5, 5.41) is 0.412. The van der Waals surface area contributed by atoms with Gasteiger partial charge in [0, 0.05) is 29.9 Å². The number of thioether (sulfide) groups is 1. The van der Waals surface area contributed by atoms with Gasteiger partial charge in [0.15, 0.2) is 0 Å². The highest BCUT2D eigenvalue weighted by molar-refractivity contribution is 7.99. The Morgan fingerprint density at radius 3 is 2.92 bits per heavy atom. The van der Waals surface area contributed by atoms with Crippen LogP contribution in [-0.4, -0.2) is 40.7 Å². The molecule has 1 amide bonds. The van der Waals surface area contributed by atoms with Gasteiger partial charge in [0.1, 0.15) is 16.9 Å². The molecule has 4 nitrogen and oxygen atoms in total. The summed E-state index contributed by atoms with van der Waals surface area (Å²) in [6, 6.07) is 8.13. The maximum absolute atomic E-state index is 12.8. The fourth-order valence-electron chi connectivity index (χ4n) is 2.87. The molecule has 2 heterocycles. The van der Waals surface area contributed by atoms with Gasteiger partial charge in [-0.2, -0.15) is 8.78 Å². The average Bonchev–Trinajstić information content (AvgIpc) is 2.63. The largest absolute Gasteiger partial charge is 0.487 e. The molecule has 0 aliphatic carbocycles. The number of ether oxygens (including phenoxy) is 1. The molecular weight excluding hydrogens is 382 g/mol. The topological polar surface area (TPSA) is 42.4 Å². The molecule has 1 aliphatic rings. The van der Waals surface area contributed by atoms with Crippen molar-refractivity contribution < 1.29 is 18.3 Å². The van der Waals surface area contributed by atoms with E-state index >= 15 is 0 Å². The quantitative estimate of drug-likeness (QED) is 0.682. The van der Waals surface area contributed by atoms with E-state index in [1.807, 2.05) is 0 Å². The first-order valence-corrected chi connectivity index (χ1v) is 9.39. The first kappa shape index (κ1) is 18.9. The third-order valence-electron chi connectivity index (χ3n) is 4.03. The highest BCUT2D eigenvalue weighted by Crippen LogP contribution is 2.30. The molecular formula is C18H17ClF2N2O2S. The molecule has 1 unspecified atom stereocenters. The Balaban J connectivity index is 1.72. The summed E-state index contributed by atoms with van der Waals surface area (Å²) in [6.45, 7) is 0.946. The van der Waals surface area contributed by atoms with Gasteiger partial charge in [-0.3, -0.25) is 9.78 Å². The number of amides is 1. The standard InChI is InChI=1S/C18H17ClF2N2O2S/c19-14-10-22-8-7-15(14)25-12-4-3-9-23(11-12)17(24)13-5-1-2-6-16(13)26-18(20)21/h1-2,5-8,10,12,18H,3-4,9,11H2. The second kappa shape index (κ2) is 8.68. The Morgan fingerprint density at radius 2 is 2.15 bits per heavy atom. The van der Waals surface area contributed by atoms with E-state index < -0.39 is 5.76 Å². The maximum atomic E-state index is 12.8. The van der Waals surface area contributed by atoms with Gasteiger partial charge in [0.05, 0.1) is 12.1 Å². The minimum atomic E-state index is -2.57. The molecule has 0 N–H and O–H groups in total. The van der Waals surface area contributed by atoms with E-state index in [1.165, 1.54) is 6.20 Å². The molecule has 1 fully saturated rings. The summed E-state index contributed by atoms with van der Waals surface area (Å²) < 4.78 is 31.4. The van der Waals surface area contributed by atoms with Crippen molar-refractivity contribution in [1.82, 2.24) is 9.88 Å². The number of halogens is 3. The second-order valence-corrected chi connectivity index (χ2v) is 7.25. The van der Waals surface area contributed by atoms with Crippen molar-refractivity contribution >= 4 is 29.3 Å². The summed E-state index contributed by atoms with van der Waals surface area (Å²) in [6.07, 6.45) is 4.44. The van der Waals surface area contributed by atoms with Crippen molar-refractivity contribution in [3.8, 4) is 5.75 Å². The molecule has 2 aromatic rings. The molecule has 8 heteroatoms. The van der Waals surface area contributed by atoms with E-state index in [0.29, 0.717) is 41.2 Å². The van der Waals surface area contributed by atoms with Crippen LogP contribution in [0.2, 0.25) is 5.02 Å². The van der Waals surface area contributed by atoms with Crippen molar-refractivity contribution in [2.24, 2.45) is 0 Å². The van der Waals surface area contributed by atoms with E-state index in [-0.39, 0.29) is 16.9 Å². The predicted octanol–water partition coefficient (Wildman–Crippen LogP) is 4.73. The summed E-state index contributed by atoms with van der Waals surface area (Å²) in [7, 11) is 0. The highest BCUT2D eigenvalue weighted by Gasteiger charge is 2.27. The fraction of sp³-hybridized carbons (Fsp3) is 0.333. The number of piperidine rings is 1. The molecule has 1 atom stereocenters. The van der Waals surface area contributed by atoms with Gasteiger partial charge in [-0.15, -0.1) is 0 Å². The summed E-state index contributed by atoms with van der Waals surface area (Å²) in [5.74, 6) is -2.31. The van der Waals surface area contributed by atoms with Crippen LogP contribution in [0.25, 0.3) is 0 Å². The summed E-state index contributed by atoms with van der Waals surface area (Å²) in [4.78, 5) is 18.7. The van der Waals surface area contributed by atoms with Crippen LogP contribution in [0.5, 0.6) is 5.75 Å². The lowest BCUT2D eigenvalue weighted by molar-refractivity contribution is 0.0535. The Kier molecular flexibility index (Phi) is 6.32. The predicted molar refractivity (Wildman–Crippen MR) is 97.1 cm³/mol. The Morgan fingerprint density at radius 1 is 1.35 bits per heavy atom. The van der Waals surface area contributed by atoms with Crippen LogP contribution in [0.1, 0.15) is 23.2 Å². The van der Waals surface area contributed by atoms with Crippen molar-refractivity contribution in [2.45, 2.75) is 29.6 Å². The number of pyridine rings is 1. The first-order chi connectivity index (χ1) is 12.5. The van der Waals surface area contributed by atoms with Gasteiger partial charge in [0.25, 0.3) is 11.7 Å². The number of alkyl halides is 2. The molecule has 138 valence electrons. The zero-order valence-electron chi connectivity index (χ0n) is 13.8. The van der Waals surface area contributed by atoms with Gasteiger partial charge in [-0.1, -0.05) is 35.5 Å². The Hall–Kier alpha value is -1.86. The molecule has 1 aliphatic heterocycles. The van der Waals surface area contributed by atoms with Crippen LogP contribution in [-0.2, 0) is 0 Å². The number of carbonyl (C=O) groups is 1. The van der Waals surface area contributed by atoms with E-state index in [1.54, 1.807) is 41.4 Å². The molecule has 1 aromatic heterocycles. The monoisotopic (exact) mass is 398 g/mol. The molecule has 0 bridgehead atoms. The summed E-state index contributed by atoms with van der Waals surface area (Å²) >= 11 is 6.45. The SMILES string of the molecule is O=C(c1ccccc1SC(F)F)N1CCCC(Oc2ccncc2Cl)C1. The van der Waals surface area contributed by atoms with Crippen LogP contribution in [0, 0.1) is 0 Å². The smallest absolute Gasteiger partial charge is 0.288 e. The third-order valence-corrected chi connectivity index (χ3v) is 5.10. The van der Waals surface area contributed by atoms with Gasteiger partial charge >= 0.3 is 0 Å². The number of hydrogen-bond donors (Lipinski definition) is 0. The van der Waals surface area contributed by atoms with E-state index in [2.05, 4.69) is 4.98 Å². The Bertz CT molecular complexity index is 778. The lowest BCUT2D eigenvalue weighted by atomic mass is 10.1. The van der Waals surface area contributed by atoms with Crippen LogP contribution in [0.3, 0.4) is 0 Å². The molecule has 1 aromatic carbocycles. The lowest BCUT2D eigenvalue weighted by Gasteiger charge is -2.33. The molecule has 26 heavy (non-hydrogen) atoms. The van der Waals surface area contributed by atoms with Gasteiger partial charge in [-0.05, 0) is 25.0 Å². The number of likely N-dealkylation sites (tertiary alicyclic amines) is 1. The zero-order valence-corrected chi connectivity index (χ0v) is 15.4. The van der Waals surface area contributed by atoms with Crippen molar-refractivity contribution in [2.75, 3.05) is 13.1 Å². The van der Waals surface area contributed by atoms with E-state index in [9.17, 15) is 13.6 Å². The molecule has 0 saturated carbocycles. The van der Waals surface area contributed by atoms with Gasteiger partial charge < -0.3 is 9.64 Å². The number of benzene rings is 1. The lowest BCUT2D eigenvalue weighted by Crippen LogP contribution is -2.44. The normalized spacial score (nSPS) is 17.4. The fourth-order valence-corrected chi connectivity index (χ4v) is 3.66. The average molecular weight is 399 g/mol. The number of hydrogen-bond acceptors (Lipinski definition) is 4. The first-order valence-electron chi connectivity index (χ1n) is 8.14. The molecule has 3 rings (SSSR count). The number of carbonyl (C=O) groups excluding carboxylic acids is 1. The van der Waals surface area contributed by atoms with Gasteiger partial charge in [-0.25, -0.2) is 0 Å². The van der Waals surface area contributed by atoms with E-state index in [4.69, 9.17) is 16.3 Å². The minimum absolute atomic E-state index is 0.206. The number of rotatable bonds is 5. The molecule has 0 radical (unpaired) electrons. The molecule has 0 spiro atoms. The van der Waals surface area contributed by atoms with Crippen molar-refractivity contribution in [3.63, 3.8) is 0 Å². The second-order valence-electron chi connectivity index (χ2n) is 5.81. The van der Waals surface area contributed by atoms with Crippen LogP contribution in [0.15, 0.2) is 47.6 Å². The number of nitrogens with zero attached hydrogens (tertiary/aromatic N) is 2. The van der Waals surface area contributed by atoms with Crippen molar-refractivity contribution in [3.05, 3.63) is 53.3 Å². The highest BCUT2D eigenvalue weighted by atomic mass is 35.5. The maximum Gasteiger partial charge on any atom is 0.288 e. The van der Waals surface area contributed by atoms with Crippen LogP contribution < -0.4 is 4.74 Å². The van der Waals surface area contributed by atoms with E-state index in [0.717, 1.165) is 12.8 Å². The van der Waals surface area contributed by atoms with Crippen LogP contribution in [0.4, 0.5) is 8.78 Å².